The van der Waals surface area contributed by atoms with Crippen molar-refractivity contribution in [3.63, 3.8) is 0 Å². The summed E-state index contributed by atoms with van der Waals surface area (Å²) in [6.07, 6.45) is 6.39. The molecule has 0 aliphatic carbocycles. The zero-order valence-corrected chi connectivity index (χ0v) is 12.6. The lowest BCUT2D eigenvalue weighted by Crippen LogP contribution is -1.97. The Morgan fingerprint density at radius 2 is 2.42 bits per heavy atom. The first-order valence-corrected chi connectivity index (χ1v) is 8.54. The third-order valence-corrected chi connectivity index (χ3v) is 5.79. The average molecular weight is 294 g/mol. The average Bonchev–Trinajstić information content (AvgIpc) is 3.01. The monoisotopic (exact) mass is 294 g/mol. The highest BCUT2D eigenvalue weighted by Crippen LogP contribution is 2.35. The Bertz CT molecular complexity index is 538. The molecule has 0 amide bonds. The minimum Gasteiger partial charge on any atom is -0.388 e. The smallest absolute Gasteiger partial charge is 0.0885 e. The van der Waals surface area contributed by atoms with Crippen LogP contribution in [-0.2, 0) is 25.6 Å². The number of thiophene rings is 1. The third-order valence-electron chi connectivity index (χ3n) is 3.44. The molecule has 19 heavy (non-hydrogen) atoms. The third kappa shape index (κ3) is 3.04. The molecule has 102 valence electrons. The van der Waals surface area contributed by atoms with Gasteiger partial charge in [-0.15, -0.1) is 11.3 Å². The molecule has 0 fully saturated rings. The normalized spacial score (nSPS) is 16.3. The quantitative estimate of drug-likeness (QED) is 0.942. The van der Waals surface area contributed by atoms with Gasteiger partial charge in [0, 0.05) is 28.8 Å². The summed E-state index contributed by atoms with van der Waals surface area (Å²) in [4.78, 5) is 2.62. The first-order chi connectivity index (χ1) is 9.22. The van der Waals surface area contributed by atoms with Gasteiger partial charge in [-0.05, 0) is 42.2 Å². The number of aromatic nitrogens is 2. The van der Waals surface area contributed by atoms with Gasteiger partial charge in [-0.25, -0.2) is 0 Å². The summed E-state index contributed by atoms with van der Waals surface area (Å²) in [5, 5.41) is 14.5. The van der Waals surface area contributed by atoms with Crippen LogP contribution in [0.1, 0.15) is 33.4 Å². The Morgan fingerprint density at radius 3 is 3.16 bits per heavy atom. The summed E-state index contributed by atoms with van der Waals surface area (Å²) in [5.41, 5.74) is 2.63. The van der Waals surface area contributed by atoms with Crippen LogP contribution in [0, 0.1) is 0 Å². The molecule has 3 heterocycles. The minimum absolute atomic E-state index is 0.333. The van der Waals surface area contributed by atoms with Gasteiger partial charge < -0.3 is 5.11 Å². The number of hydrogen-bond acceptors (Lipinski definition) is 4. The summed E-state index contributed by atoms with van der Waals surface area (Å²) in [6, 6.07) is 2.21. The van der Waals surface area contributed by atoms with Crippen molar-refractivity contribution < 1.29 is 5.11 Å². The van der Waals surface area contributed by atoms with Crippen LogP contribution >= 0.6 is 23.1 Å². The fourth-order valence-electron chi connectivity index (χ4n) is 2.38. The van der Waals surface area contributed by atoms with E-state index in [0.29, 0.717) is 0 Å². The molecular weight excluding hydrogens is 276 g/mol. The van der Waals surface area contributed by atoms with Crippen molar-refractivity contribution in [1.82, 2.24) is 9.78 Å². The Balaban J connectivity index is 1.63. The molecule has 2 aromatic rings. The number of aliphatic hydroxyl groups is 1. The highest BCUT2D eigenvalue weighted by Gasteiger charge is 2.17. The lowest BCUT2D eigenvalue weighted by Gasteiger charge is -2.08. The van der Waals surface area contributed by atoms with E-state index in [1.165, 1.54) is 28.2 Å². The van der Waals surface area contributed by atoms with E-state index in [1.807, 2.05) is 35.9 Å². The maximum Gasteiger partial charge on any atom is 0.0885 e. The van der Waals surface area contributed by atoms with Crippen molar-refractivity contribution in [2.24, 2.45) is 7.05 Å². The van der Waals surface area contributed by atoms with Gasteiger partial charge >= 0.3 is 0 Å². The van der Waals surface area contributed by atoms with Crippen LogP contribution in [0.4, 0.5) is 0 Å². The molecule has 1 unspecified atom stereocenters. The SMILES string of the molecule is Cn1cc(CCC(O)c2cc3c(s2)CCSC3)cn1. The van der Waals surface area contributed by atoms with Gasteiger partial charge in [0.05, 0.1) is 12.3 Å². The summed E-state index contributed by atoms with van der Waals surface area (Å²) >= 11 is 3.79. The molecule has 0 radical (unpaired) electrons. The van der Waals surface area contributed by atoms with E-state index in [2.05, 4.69) is 11.2 Å². The van der Waals surface area contributed by atoms with Crippen LogP contribution in [0.15, 0.2) is 18.5 Å². The first kappa shape index (κ1) is 13.2. The molecule has 5 heteroatoms. The van der Waals surface area contributed by atoms with Crippen molar-refractivity contribution in [2.75, 3.05) is 5.75 Å². The van der Waals surface area contributed by atoms with Gasteiger partial charge in [0.1, 0.15) is 0 Å². The molecule has 1 atom stereocenters. The van der Waals surface area contributed by atoms with E-state index in [4.69, 9.17) is 0 Å². The zero-order chi connectivity index (χ0) is 13.2. The largest absolute Gasteiger partial charge is 0.388 e. The van der Waals surface area contributed by atoms with Crippen LogP contribution in [0.25, 0.3) is 0 Å². The lowest BCUT2D eigenvalue weighted by atomic mass is 10.1. The topological polar surface area (TPSA) is 38.0 Å². The minimum atomic E-state index is -0.333. The molecule has 3 nitrogen and oxygen atoms in total. The molecule has 1 N–H and O–H groups in total. The summed E-state index contributed by atoms with van der Waals surface area (Å²) in [5.74, 6) is 2.33. The van der Waals surface area contributed by atoms with Crippen molar-refractivity contribution >= 4 is 23.1 Å². The first-order valence-electron chi connectivity index (χ1n) is 6.57. The van der Waals surface area contributed by atoms with Gasteiger partial charge in [0.15, 0.2) is 0 Å². The van der Waals surface area contributed by atoms with Crippen molar-refractivity contribution in [2.45, 2.75) is 31.1 Å². The second kappa shape index (κ2) is 5.69. The van der Waals surface area contributed by atoms with Crippen LogP contribution in [0.3, 0.4) is 0 Å². The van der Waals surface area contributed by atoms with E-state index < -0.39 is 0 Å². The molecule has 0 saturated carbocycles. The van der Waals surface area contributed by atoms with Gasteiger partial charge in [0.2, 0.25) is 0 Å². The Kier molecular flexibility index (Phi) is 3.96. The molecule has 2 aromatic heterocycles. The number of aryl methyl sites for hydroxylation is 3. The fourth-order valence-corrected chi connectivity index (χ4v) is 4.78. The van der Waals surface area contributed by atoms with Gasteiger partial charge in [-0.1, -0.05) is 0 Å². The van der Waals surface area contributed by atoms with Crippen LogP contribution in [0.2, 0.25) is 0 Å². The van der Waals surface area contributed by atoms with E-state index in [-0.39, 0.29) is 6.10 Å². The Labute approximate surface area is 121 Å². The van der Waals surface area contributed by atoms with Crippen molar-refractivity contribution in [1.29, 1.82) is 0 Å². The van der Waals surface area contributed by atoms with Gasteiger partial charge in [0.25, 0.3) is 0 Å². The number of aliphatic hydroxyl groups excluding tert-OH is 1. The molecule has 1 aliphatic rings. The second-order valence-corrected chi connectivity index (χ2v) is 7.25. The summed E-state index contributed by atoms with van der Waals surface area (Å²) < 4.78 is 1.81. The number of rotatable bonds is 4. The van der Waals surface area contributed by atoms with Crippen LogP contribution in [-0.4, -0.2) is 20.6 Å². The molecule has 0 saturated heterocycles. The predicted octanol–water partition coefficient (Wildman–Crippen LogP) is 2.94. The predicted molar refractivity (Wildman–Crippen MR) is 80.7 cm³/mol. The highest BCUT2D eigenvalue weighted by molar-refractivity contribution is 7.98. The van der Waals surface area contributed by atoms with E-state index >= 15 is 0 Å². The Morgan fingerprint density at radius 1 is 1.53 bits per heavy atom. The van der Waals surface area contributed by atoms with Crippen LogP contribution < -0.4 is 0 Å². The van der Waals surface area contributed by atoms with Crippen molar-refractivity contribution in [3.05, 3.63) is 39.3 Å². The van der Waals surface area contributed by atoms with E-state index in [0.717, 1.165) is 23.5 Å². The fraction of sp³-hybridized carbons (Fsp3) is 0.500. The summed E-state index contributed by atoms with van der Waals surface area (Å²) in [6.45, 7) is 0. The van der Waals surface area contributed by atoms with Crippen LogP contribution in [0.5, 0.6) is 0 Å². The number of nitrogens with zero attached hydrogens (tertiary/aromatic N) is 2. The lowest BCUT2D eigenvalue weighted by molar-refractivity contribution is 0.171. The number of hydrogen-bond donors (Lipinski definition) is 1. The Hall–Kier alpha value is -0.780. The molecule has 0 spiro atoms. The molecule has 0 bridgehead atoms. The van der Waals surface area contributed by atoms with E-state index in [9.17, 15) is 5.11 Å². The van der Waals surface area contributed by atoms with Crippen molar-refractivity contribution in [3.8, 4) is 0 Å². The number of thioether (sulfide) groups is 1. The molecular formula is C14H18N2OS2. The zero-order valence-electron chi connectivity index (χ0n) is 11.0. The molecule has 3 rings (SSSR count). The van der Waals surface area contributed by atoms with Gasteiger partial charge in [-0.3, -0.25) is 4.68 Å². The van der Waals surface area contributed by atoms with Gasteiger partial charge in [-0.2, -0.15) is 16.9 Å². The summed E-state index contributed by atoms with van der Waals surface area (Å²) in [7, 11) is 1.92. The molecule has 1 aliphatic heterocycles. The maximum atomic E-state index is 10.3. The standard InChI is InChI=1S/C14H18N2OS2/c1-16-8-10(7-15-16)2-3-12(17)14-6-11-9-18-5-4-13(11)19-14/h6-8,12,17H,2-5,9H2,1H3. The number of fused-ring (bicyclic) bond motifs is 1. The van der Waals surface area contributed by atoms with E-state index in [1.54, 1.807) is 11.3 Å². The maximum absolute atomic E-state index is 10.3. The molecule has 0 aromatic carbocycles. The second-order valence-electron chi connectivity index (χ2n) is 4.98. The highest BCUT2D eigenvalue weighted by atomic mass is 32.2.